The van der Waals surface area contributed by atoms with Gasteiger partial charge < -0.3 is 9.64 Å². The number of piperidine rings is 1. The molecule has 0 bridgehead atoms. The number of rotatable bonds is 4. The van der Waals surface area contributed by atoms with Crippen LogP contribution in [0.2, 0.25) is 0 Å². The topological polar surface area (TPSA) is 29.5 Å². The predicted octanol–water partition coefficient (Wildman–Crippen LogP) is 4.09. The second kappa shape index (κ2) is 7.74. The van der Waals surface area contributed by atoms with Crippen molar-refractivity contribution in [3.8, 4) is 0 Å². The molecule has 0 saturated carbocycles. The third-order valence-corrected chi connectivity index (χ3v) is 4.43. The van der Waals surface area contributed by atoms with Crippen molar-refractivity contribution in [2.45, 2.75) is 32.5 Å². The van der Waals surface area contributed by atoms with E-state index in [1.165, 1.54) is 6.07 Å². The minimum atomic E-state index is -0.874. The summed E-state index contributed by atoms with van der Waals surface area (Å²) >= 11 is 0. The summed E-state index contributed by atoms with van der Waals surface area (Å²) in [7, 11) is 0. The molecule has 3 nitrogen and oxygen atoms in total. The fourth-order valence-electron chi connectivity index (χ4n) is 2.98. The quantitative estimate of drug-likeness (QED) is 0.835. The van der Waals surface area contributed by atoms with Gasteiger partial charge in [0.15, 0.2) is 11.6 Å². The molecule has 5 heteroatoms. The number of amides is 1. The molecule has 2 aromatic carbocycles. The molecule has 1 amide bonds. The van der Waals surface area contributed by atoms with Gasteiger partial charge in [0.25, 0.3) is 5.91 Å². The molecule has 1 atom stereocenters. The van der Waals surface area contributed by atoms with E-state index in [9.17, 15) is 13.6 Å². The van der Waals surface area contributed by atoms with Gasteiger partial charge in [-0.05, 0) is 49.6 Å². The van der Waals surface area contributed by atoms with Crippen LogP contribution in [-0.2, 0) is 11.3 Å². The fraction of sp³-hybridized carbons (Fsp3) is 0.350. The highest BCUT2D eigenvalue weighted by Crippen LogP contribution is 2.18. The van der Waals surface area contributed by atoms with Crippen molar-refractivity contribution in [3.05, 3.63) is 70.8 Å². The molecule has 1 aliphatic heterocycles. The SMILES string of the molecule is Cc1ccc(C(=O)N2CCCC(OCc3ccc(F)c(F)c3)C2)cc1. The van der Waals surface area contributed by atoms with E-state index in [0.29, 0.717) is 24.2 Å². The second-order valence-electron chi connectivity index (χ2n) is 6.44. The third-order valence-electron chi connectivity index (χ3n) is 4.43. The first-order valence-electron chi connectivity index (χ1n) is 8.44. The van der Waals surface area contributed by atoms with Crippen molar-refractivity contribution in [2.75, 3.05) is 13.1 Å². The van der Waals surface area contributed by atoms with Crippen LogP contribution in [0.5, 0.6) is 0 Å². The molecular formula is C20H21F2NO2. The Labute approximate surface area is 146 Å². The molecule has 1 unspecified atom stereocenters. The molecule has 1 heterocycles. The summed E-state index contributed by atoms with van der Waals surface area (Å²) in [5, 5.41) is 0. The number of hydrogen-bond acceptors (Lipinski definition) is 2. The first-order chi connectivity index (χ1) is 12.0. The average molecular weight is 345 g/mol. The summed E-state index contributed by atoms with van der Waals surface area (Å²) in [6.07, 6.45) is 1.61. The minimum absolute atomic E-state index is 0.00104. The molecule has 1 aliphatic rings. The molecule has 25 heavy (non-hydrogen) atoms. The van der Waals surface area contributed by atoms with Gasteiger partial charge in [-0.25, -0.2) is 8.78 Å². The number of halogens is 2. The van der Waals surface area contributed by atoms with E-state index in [4.69, 9.17) is 4.74 Å². The van der Waals surface area contributed by atoms with Gasteiger partial charge in [0.05, 0.1) is 12.7 Å². The maximum absolute atomic E-state index is 13.2. The zero-order chi connectivity index (χ0) is 17.8. The van der Waals surface area contributed by atoms with Gasteiger partial charge in [-0.1, -0.05) is 23.8 Å². The molecule has 0 aliphatic carbocycles. The van der Waals surface area contributed by atoms with Crippen LogP contribution < -0.4 is 0 Å². The Bertz CT molecular complexity index is 746. The molecular weight excluding hydrogens is 324 g/mol. The van der Waals surface area contributed by atoms with Gasteiger partial charge in [-0.2, -0.15) is 0 Å². The number of ether oxygens (including phenoxy) is 1. The standard InChI is InChI=1S/C20H21F2NO2/c1-14-4-7-16(8-5-14)20(24)23-10-2-3-17(12-23)25-13-15-6-9-18(21)19(22)11-15/h4-9,11,17H,2-3,10,12-13H2,1H3. The highest BCUT2D eigenvalue weighted by molar-refractivity contribution is 5.94. The molecule has 132 valence electrons. The number of hydrogen-bond donors (Lipinski definition) is 0. The van der Waals surface area contributed by atoms with E-state index >= 15 is 0 Å². The lowest BCUT2D eigenvalue weighted by Gasteiger charge is -2.32. The molecule has 1 saturated heterocycles. The van der Waals surface area contributed by atoms with Crippen LogP contribution in [0.1, 0.15) is 34.3 Å². The fourth-order valence-corrected chi connectivity index (χ4v) is 2.98. The maximum atomic E-state index is 13.2. The summed E-state index contributed by atoms with van der Waals surface area (Å²) in [5.74, 6) is -1.74. The molecule has 0 spiro atoms. The summed E-state index contributed by atoms with van der Waals surface area (Å²) in [4.78, 5) is 14.4. The number of likely N-dealkylation sites (tertiary alicyclic amines) is 1. The van der Waals surface area contributed by atoms with Crippen molar-refractivity contribution in [1.82, 2.24) is 4.90 Å². The van der Waals surface area contributed by atoms with E-state index in [-0.39, 0.29) is 18.6 Å². The number of benzene rings is 2. The first kappa shape index (κ1) is 17.5. The molecule has 0 aromatic heterocycles. The van der Waals surface area contributed by atoms with Crippen molar-refractivity contribution in [3.63, 3.8) is 0 Å². The number of carbonyl (C=O) groups is 1. The lowest BCUT2D eigenvalue weighted by atomic mass is 10.1. The highest BCUT2D eigenvalue weighted by Gasteiger charge is 2.25. The largest absolute Gasteiger partial charge is 0.372 e. The second-order valence-corrected chi connectivity index (χ2v) is 6.44. The van der Waals surface area contributed by atoms with Crippen LogP contribution in [0.25, 0.3) is 0 Å². The van der Waals surface area contributed by atoms with E-state index < -0.39 is 11.6 Å². The Balaban J connectivity index is 1.58. The van der Waals surface area contributed by atoms with Crippen molar-refractivity contribution < 1.29 is 18.3 Å². The lowest BCUT2D eigenvalue weighted by molar-refractivity contribution is -0.00682. The van der Waals surface area contributed by atoms with E-state index in [1.807, 2.05) is 31.2 Å². The zero-order valence-corrected chi connectivity index (χ0v) is 14.2. The van der Waals surface area contributed by atoms with Gasteiger partial charge >= 0.3 is 0 Å². The Hall–Kier alpha value is -2.27. The van der Waals surface area contributed by atoms with Crippen LogP contribution in [0.15, 0.2) is 42.5 Å². The third kappa shape index (κ3) is 4.42. The van der Waals surface area contributed by atoms with E-state index in [1.54, 1.807) is 4.90 Å². The van der Waals surface area contributed by atoms with Crippen molar-refractivity contribution >= 4 is 5.91 Å². The number of carbonyl (C=O) groups excluding carboxylic acids is 1. The first-order valence-corrected chi connectivity index (χ1v) is 8.44. The number of aryl methyl sites for hydroxylation is 1. The van der Waals surface area contributed by atoms with Crippen LogP contribution in [-0.4, -0.2) is 30.0 Å². The zero-order valence-electron chi connectivity index (χ0n) is 14.2. The molecule has 2 aromatic rings. The normalized spacial score (nSPS) is 17.6. The van der Waals surface area contributed by atoms with Crippen molar-refractivity contribution in [2.24, 2.45) is 0 Å². The van der Waals surface area contributed by atoms with Gasteiger partial charge in [0.2, 0.25) is 0 Å². The molecule has 3 rings (SSSR count). The van der Waals surface area contributed by atoms with Gasteiger partial charge in [-0.3, -0.25) is 4.79 Å². The molecule has 0 radical (unpaired) electrons. The Morgan fingerprint density at radius 3 is 2.64 bits per heavy atom. The predicted molar refractivity (Wildman–Crippen MR) is 91.3 cm³/mol. The van der Waals surface area contributed by atoms with E-state index in [0.717, 1.165) is 30.5 Å². The summed E-state index contributed by atoms with van der Waals surface area (Å²) < 4.78 is 32.0. The van der Waals surface area contributed by atoms with E-state index in [2.05, 4.69) is 0 Å². The average Bonchev–Trinajstić information content (AvgIpc) is 2.63. The minimum Gasteiger partial charge on any atom is -0.372 e. The van der Waals surface area contributed by atoms with Gasteiger partial charge in [0, 0.05) is 18.7 Å². The van der Waals surface area contributed by atoms with Crippen LogP contribution in [0.4, 0.5) is 8.78 Å². The maximum Gasteiger partial charge on any atom is 0.253 e. The van der Waals surface area contributed by atoms with Crippen molar-refractivity contribution in [1.29, 1.82) is 0 Å². The highest BCUT2D eigenvalue weighted by atomic mass is 19.2. The summed E-state index contributed by atoms with van der Waals surface area (Å²) in [6.45, 7) is 3.40. The monoisotopic (exact) mass is 345 g/mol. The Kier molecular flexibility index (Phi) is 5.43. The van der Waals surface area contributed by atoms with Crippen LogP contribution in [0.3, 0.4) is 0 Å². The lowest BCUT2D eigenvalue weighted by Crippen LogP contribution is -2.43. The molecule has 1 fully saturated rings. The smallest absolute Gasteiger partial charge is 0.253 e. The summed E-state index contributed by atoms with van der Waals surface area (Å²) in [6, 6.07) is 11.3. The van der Waals surface area contributed by atoms with Gasteiger partial charge in [-0.15, -0.1) is 0 Å². The summed E-state index contributed by atoms with van der Waals surface area (Å²) in [5.41, 5.74) is 2.37. The Morgan fingerprint density at radius 1 is 1.16 bits per heavy atom. The Morgan fingerprint density at radius 2 is 1.92 bits per heavy atom. The molecule has 0 N–H and O–H groups in total. The van der Waals surface area contributed by atoms with Crippen LogP contribution in [0, 0.1) is 18.6 Å². The van der Waals surface area contributed by atoms with Gasteiger partial charge in [0.1, 0.15) is 0 Å². The van der Waals surface area contributed by atoms with Crippen LogP contribution >= 0.6 is 0 Å². The number of nitrogens with zero attached hydrogens (tertiary/aromatic N) is 1.